The molecule has 1 heterocycles. The molecule has 0 unspecified atom stereocenters. The third kappa shape index (κ3) is 6.17. The van der Waals surface area contributed by atoms with Crippen LogP contribution in [0.3, 0.4) is 0 Å². The number of anilines is 1. The third-order valence-corrected chi connectivity index (χ3v) is 8.05. The van der Waals surface area contributed by atoms with Gasteiger partial charge in [0.15, 0.2) is 0 Å². The van der Waals surface area contributed by atoms with Crippen molar-refractivity contribution in [3.05, 3.63) is 59.1 Å². The van der Waals surface area contributed by atoms with Gasteiger partial charge in [0.05, 0.1) is 35.1 Å². The molecular formula is C19H22ClN3O6S2. The zero-order chi connectivity index (χ0) is 22.5. The minimum absolute atomic E-state index is 0.0104. The summed E-state index contributed by atoms with van der Waals surface area (Å²) in [5, 5.41) is 2.93. The molecule has 2 aromatic carbocycles. The predicted molar refractivity (Wildman–Crippen MR) is 117 cm³/mol. The van der Waals surface area contributed by atoms with Gasteiger partial charge in [-0.15, -0.1) is 0 Å². The second kappa shape index (κ2) is 9.96. The van der Waals surface area contributed by atoms with Crippen LogP contribution < -0.4 is 10.0 Å². The van der Waals surface area contributed by atoms with Gasteiger partial charge in [-0.25, -0.2) is 16.8 Å². The maximum Gasteiger partial charge on any atom is 0.261 e. The van der Waals surface area contributed by atoms with Gasteiger partial charge in [0.1, 0.15) is 0 Å². The fraction of sp³-hybridized carbons (Fsp3) is 0.316. The molecule has 9 nitrogen and oxygen atoms in total. The molecule has 0 atom stereocenters. The van der Waals surface area contributed by atoms with Crippen molar-refractivity contribution in [2.24, 2.45) is 0 Å². The van der Waals surface area contributed by atoms with Crippen molar-refractivity contribution < 1.29 is 26.4 Å². The van der Waals surface area contributed by atoms with E-state index >= 15 is 0 Å². The number of benzene rings is 2. The maximum absolute atomic E-state index is 12.6. The van der Waals surface area contributed by atoms with Crippen molar-refractivity contribution in [2.75, 3.05) is 43.3 Å². The summed E-state index contributed by atoms with van der Waals surface area (Å²) in [6.45, 7) is 1.13. The topological polar surface area (TPSA) is 122 Å². The molecule has 1 fully saturated rings. The smallest absolute Gasteiger partial charge is 0.261 e. The molecule has 0 aromatic heterocycles. The maximum atomic E-state index is 12.6. The van der Waals surface area contributed by atoms with E-state index in [9.17, 15) is 21.6 Å². The lowest BCUT2D eigenvalue weighted by Crippen LogP contribution is -2.43. The molecule has 1 aliphatic heterocycles. The van der Waals surface area contributed by atoms with Gasteiger partial charge in [0.25, 0.3) is 15.9 Å². The quantitative estimate of drug-likeness (QED) is 0.582. The SMILES string of the molecule is O=C(NCCS(=O)(=O)N1CCOCC1)c1ccccc1NS(=O)(=O)c1ccc(Cl)cc1. The highest BCUT2D eigenvalue weighted by atomic mass is 35.5. The van der Waals surface area contributed by atoms with E-state index in [0.717, 1.165) is 0 Å². The van der Waals surface area contributed by atoms with E-state index in [1.54, 1.807) is 12.1 Å². The summed E-state index contributed by atoms with van der Waals surface area (Å²) >= 11 is 5.80. The van der Waals surface area contributed by atoms with Gasteiger partial charge in [0, 0.05) is 24.7 Å². The van der Waals surface area contributed by atoms with Gasteiger partial charge in [-0.2, -0.15) is 4.31 Å². The van der Waals surface area contributed by atoms with Gasteiger partial charge in [0.2, 0.25) is 10.0 Å². The summed E-state index contributed by atoms with van der Waals surface area (Å²) < 4.78 is 58.8. The van der Waals surface area contributed by atoms with Crippen LogP contribution in [0.2, 0.25) is 5.02 Å². The molecule has 0 bridgehead atoms. The van der Waals surface area contributed by atoms with Crippen molar-refractivity contribution in [1.82, 2.24) is 9.62 Å². The number of carbonyl (C=O) groups excluding carboxylic acids is 1. The van der Waals surface area contributed by atoms with E-state index in [0.29, 0.717) is 18.2 Å². The number of halogens is 1. The molecule has 0 saturated carbocycles. The van der Waals surface area contributed by atoms with Crippen LogP contribution in [-0.2, 0) is 24.8 Å². The van der Waals surface area contributed by atoms with Gasteiger partial charge < -0.3 is 10.1 Å². The van der Waals surface area contributed by atoms with Crippen molar-refractivity contribution in [2.45, 2.75) is 4.90 Å². The lowest BCUT2D eigenvalue weighted by molar-refractivity contribution is 0.0730. The summed E-state index contributed by atoms with van der Waals surface area (Å²) in [5.74, 6) is -0.858. The molecule has 0 aliphatic carbocycles. The highest BCUT2D eigenvalue weighted by Crippen LogP contribution is 2.21. The highest BCUT2D eigenvalue weighted by molar-refractivity contribution is 7.92. The zero-order valence-corrected chi connectivity index (χ0v) is 18.8. The Morgan fingerprint density at radius 3 is 2.32 bits per heavy atom. The monoisotopic (exact) mass is 487 g/mol. The number of hydrogen-bond donors (Lipinski definition) is 2. The first-order valence-corrected chi connectivity index (χ1v) is 12.9. The van der Waals surface area contributed by atoms with Crippen molar-refractivity contribution >= 4 is 43.2 Å². The lowest BCUT2D eigenvalue weighted by Gasteiger charge is -2.26. The molecule has 1 saturated heterocycles. The first-order valence-electron chi connectivity index (χ1n) is 9.40. The Hall–Kier alpha value is -2.18. The average molecular weight is 488 g/mol. The molecule has 2 aromatic rings. The number of rotatable bonds is 8. The second-order valence-electron chi connectivity index (χ2n) is 6.69. The molecule has 3 rings (SSSR count). The second-order valence-corrected chi connectivity index (χ2v) is 10.9. The Morgan fingerprint density at radius 1 is 1.00 bits per heavy atom. The van der Waals surface area contributed by atoms with E-state index in [1.165, 1.54) is 40.7 Å². The van der Waals surface area contributed by atoms with Gasteiger partial charge in [-0.1, -0.05) is 23.7 Å². The van der Waals surface area contributed by atoms with Gasteiger partial charge in [-0.05, 0) is 36.4 Å². The van der Waals surface area contributed by atoms with Gasteiger partial charge >= 0.3 is 0 Å². The van der Waals surface area contributed by atoms with Crippen LogP contribution in [0.25, 0.3) is 0 Å². The fourth-order valence-corrected chi connectivity index (χ4v) is 5.46. The molecule has 1 amide bonds. The lowest BCUT2D eigenvalue weighted by atomic mass is 10.2. The molecule has 31 heavy (non-hydrogen) atoms. The average Bonchev–Trinajstić information content (AvgIpc) is 2.74. The Labute approximate surface area is 186 Å². The fourth-order valence-electron chi connectivity index (χ4n) is 2.93. The highest BCUT2D eigenvalue weighted by Gasteiger charge is 2.24. The van der Waals surface area contributed by atoms with Gasteiger partial charge in [-0.3, -0.25) is 9.52 Å². The molecule has 12 heteroatoms. The third-order valence-electron chi connectivity index (χ3n) is 4.55. The Morgan fingerprint density at radius 2 is 1.65 bits per heavy atom. The van der Waals surface area contributed by atoms with Crippen LogP contribution in [0, 0.1) is 0 Å². The van der Waals surface area contributed by atoms with Crippen LogP contribution in [0.15, 0.2) is 53.4 Å². The molecule has 2 N–H and O–H groups in total. The predicted octanol–water partition coefficient (Wildman–Crippen LogP) is 1.53. The summed E-state index contributed by atoms with van der Waals surface area (Å²) in [5.41, 5.74) is 0.148. The number of nitrogens with one attached hydrogen (secondary N) is 2. The number of sulfonamides is 2. The van der Waals surface area contributed by atoms with E-state index in [-0.39, 0.29) is 41.5 Å². The number of hydrogen-bond acceptors (Lipinski definition) is 6. The van der Waals surface area contributed by atoms with E-state index < -0.39 is 26.0 Å². The van der Waals surface area contributed by atoms with E-state index in [1.807, 2.05) is 0 Å². The normalized spacial score (nSPS) is 15.4. The van der Waals surface area contributed by atoms with Crippen LogP contribution in [0.4, 0.5) is 5.69 Å². The standard InChI is InChI=1S/C19H22ClN3O6S2/c20-15-5-7-16(8-6-15)31(27,28)22-18-4-2-1-3-17(18)19(24)21-9-14-30(25,26)23-10-12-29-13-11-23/h1-8,22H,9-14H2,(H,21,24). The van der Waals surface area contributed by atoms with Crippen molar-refractivity contribution in [1.29, 1.82) is 0 Å². The summed E-state index contributed by atoms with van der Waals surface area (Å²) in [6, 6.07) is 11.7. The number of para-hydroxylation sites is 1. The van der Waals surface area contributed by atoms with Crippen LogP contribution in [-0.4, -0.2) is 65.6 Å². The largest absolute Gasteiger partial charge is 0.379 e. The Bertz CT molecular complexity index is 1130. The van der Waals surface area contributed by atoms with Crippen LogP contribution >= 0.6 is 11.6 Å². The van der Waals surface area contributed by atoms with Crippen molar-refractivity contribution in [3.8, 4) is 0 Å². The number of amides is 1. The number of carbonyl (C=O) groups is 1. The zero-order valence-electron chi connectivity index (χ0n) is 16.5. The number of morpholine rings is 1. The van der Waals surface area contributed by atoms with Crippen LogP contribution in [0.5, 0.6) is 0 Å². The summed E-state index contributed by atoms with van der Waals surface area (Å²) in [7, 11) is -7.47. The molecule has 0 spiro atoms. The van der Waals surface area contributed by atoms with E-state index in [4.69, 9.17) is 16.3 Å². The number of nitrogens with zero attached hydrogens (tertiary/aromatic N) is 1. The first-order chi connectivity index (χ1) is 14.7. The molecule has 1 aliphatic rings. The minimum Gasteiger partial charge on any atom is -0.379 e. The molecular weight excluding hydrogens is 466 g/mol. The first kappa shape index (κ1) is 23.5. The number of ether oxygens (including phenoxy) is 1. The Balaban J connectivity index is 1.66. The molecule has 0 radical (unpaired) electrons. The van der Waals surface area contributed by atoms with Crippen LogP contribution in [0.1, 0.15) is 10.4 Å². The van der Waals surface area contributed by atoms with Crippen molar-refractivity contribution in [3.63, 3.8) is 0 Å². The summed E-state index contributed by atoms with van der Waals surface area (Å²) in [4.78, 5) is 12.6. The van der Waals surface area contributed by atoms with E-state index in [2.05, 4.69) is 10.0 Å². The minimum atomic E-state index is -3.95. The molecule has 168 valence electrons. The summed E-state index contributed by atoms with van der Waals surface area (Å²) in [6.07, 6.45) is 0. The Kier molecular flexibility index (Phi) is 7.55.